The number of aryl methyl sites for hydroxylation is 1. The molecule has 19 heavy (non-hydrogen) atoms. The fraction of sp³-hybridized carbons (Fsp3) is 0.471. The van der Waals surface area contributed by atoms with Crippen LogP contribution in [-0.4, -0.2) is 10.9 Å². The van der Waals surface area contributed by atoms with E-state index in [-0.39, 0.29) is 0 Å². The van der Waals surface area contributed by atoms with Gasteiger partial charge in [0.1, 0.15) is 0 Å². The zero-order chi connectivity index (χ0) is 13.1. The molecule has 1 aromatic heterocycles. The predicted octanol–water partition coefficient (Wildman–Crippen LogP) is 4.42. The van der Waals surface area contributed by atoms with Gasteiger partial charge in [0.15, 0.2) is 6.29 Å². The lowest BCUT2D eigenvalue weighted by molar-refractivity contribution is 0.112. The Morgan fingerprint density at radius 2 is 2.00 bits per heavy atom. The number of carbonyl (C=O) groups excluding carboxylic acids is 1. The van der Waals surface area contributed by atoms with Crippen molar-refractivity contribution in [3.8, 4) is 0 Å². The summed E-state index contributed by atoms with van der Waals surface area (Å²) in [6.45, 7) is 1.04. The lowest BCUT2D eigenvalue weighted by atomic mass is 9.87. The van der Waals surface area contributed by atoms with E-state index >= 15 is 0 Å². The number of aldehydes is 1. The maximum Gasteiger partial charge on any atom is 0.152 e. The third-order valence-corrected chi connectivity index (χ3v) is 4.45. The molecule has 2 nitrogen and oxygen atoms in total. The first-order valence-corrected chi connectivity index (χ1v) is 7.41. The Morgan fingerprint density at radius 3 is 2.79 bits per heavy atom. The second-order valence-corrected chi connectivity index (χ2v) is 5.70. The molecule has 2 heteroatoms. The SMILES string of the molecule is O=Cc1cccc2ccn(CCC3CCCCC3)c12. The first-order valence-electron chi connectivity index (χ1n) is 7.41. The largest absolute Gasteiger partial charge is 0.347 e. The quantitative estimate of drug-likeness (QED) is 0.741. The molecule has 3 rings (SSSR count). The molecule has 0 bridgehead atoms. The van der Waals surface area contributed by atoms with Crippen LogP contribution in [0.1, 0.15) is 48.9 Å². The van der Waals surface area contributed by atoms with Crippen LogP contribution in [0.4, 0.5) is 0 Å². The van der Waals surface area contributed by atoms with Gasteiger partial charge in [-0.05, 0) is 24.5 Å². The molecule has 0 radical (unpaired) electrons. The minimum atomic E-state index is 0.811. The van der Waals surface area contributed by atoms with E-state index in [9.17, 15) is 4.79 Å². The van der Waals surface area contributed by atoms with Crippen LogP contribution < -0.4 is 0 Å². The highest BCUT2D eigenvalue weighted by atomic mass is 16.1. The van der Waals surface area contributed by atoms with Gasteiger partial charge in [0.25, 0.3) is 0 Å². The molecule has 100 valence electrons. The summed E-state index contributed by atoms with van der Waals surface area (Å²) in [6.07, 6.45) is 11.3. The fourth-order valence-corrected chi connectivity index (χ4v) is 3.37. The Hall–Kier alpha value is -1.57. The number of rotatable bonds is 4. The average Bonchev–Trinajstić information content (AvgIpc) is 2.89. The molecule has 0 spiro atoms. The third kappa shape index (κ3) is 2.58. The van der Waals surface area contributed by atoms with Gasteiger partial charge in [-0.1, -0.05) is 44.2 Å². The number of aromatic nitrogens is 1. The Balaban J connectivity index is 1.78. The van der Waals surface area contributed by atoms with Crippen LogP contribution in [0.2, 0.25) is 0 Å². The van der Waals surface area contributed by atoms with Gasteiger partial charge >= 0.3 is 0 Å². The highest BCUT2D eigenvalue weighted by Crippen LogP contribution is 2.28. The van der Waals surface area contributed by atoms with Crippen molar-refractivity contribution in [1.82, 2.24) is 4.57 Å². The Kier molecular flexibility index (Phi) is 3.67. The first kappa shape index (κ1) is 12.5. The molecule has 1 aliphatic carbocycles. The molecule has 1 heterocycles. The van der Waals surface area contributed by atoms with Gasteiger partial charge in [-0.25, -0.2) is 0 Å². The van der Waals surface area contributed by atoms with Crippen LogP contribution in [0.5, 0.6) is 0 Å². The van der Waals surface area contributed by atoms with Crippen LogP contribution in [-0.2, 0) is 6.54 Å². The van der Waals surface area contributed by atoms with Gasteiger partial charge in [-0.15, -0.1) is 0 Å². The van der Waals surface area contributed by atoms with Gasteiger partial charge in [0, 0.05) is 23.7 Å². The summed E-state index contributed by atoms with van der Waals surface area (Å²) in [5.41, 5.74) is 1.92. The molecule has 2 aromatic rings. The van der Waals surface area contributed by atoms with E-state index in [1.54, 1.807) is 0 Å². The maximum absolute atomic E-state index is 11.2. The van der Waals surface area contributed by atoms with Crippen molar-refractivity contribution in [2.45, 2.75) is 45.1 Å². The molecule has 1 aliphatic rings. The van der Waals surface area contributed by atoms with Gasteiger partial charge in [-0.3, -0.25) is 4.79 Å². The average molecular weight is 255 g/mol. The predicted molar refractivity (Wildman–Crippen MR) is 78.5 cm³/mol. The van der Waals surface area contributed by atoms with Crippen LogP contribution in [0.3, 0.4) is 0 Å². The smallest absolute Gasteiger partial charge is 0.152 e. The molecular formula is C17H21NO. The summed E-state index contributed by atoms with van der Waals surface area (Å²) in [7, 11) is 0. The van der Waals surface area contributed by atoms with Crippen LogP contribution >= 0.6 is 0 Å². The van der Waals surface area contributed by atoms with Crippen molar-refractivity contribution >= 4 is 17.2 Å². The van der Waals surface area contributed by atoms with E-state index in [2.05, 4.69) is 22.9 Å². The standard InChI is InChI=1S/C17H21NO/c19-13-16-8-4-7-15-10-12-18(17(15)16)11-9-14-5-2-1-3-6-14/h4,7-8,10,12-14H,1-3,5-6,9,11H2. The van der Waals surface area contributed by atoms with Crippen LogP contribution in [0.15, 0.2) is 30.5 Å². The highest BCUT2D eigenvalue weighted by molar-refractivity contribution is 5.96. The molecule has 0 amide bonds. The molecule has 1 aromatic carbocycles. The highest BCUT2D eigenvalue weighted by Gasteiger charge is 2.14. The minimum Gasteiger partial charge on any atom is -0.347 e. The zero-order valence-electron chi connectivity index (χ0n) is 11.3. The van der Waals surface area contributed by atoms with E-state index in [1.807, 2.05) is 12.1 Å². The summed E-state index contributed by atoms with van der Waals surface area (Å²) in [5.74, 6) is 0.884. The summed E-state index contributed by atoms with van der Waals surface area (Å²) >= 11 is 0. The van der Waals surface area contributed by atoms with Gasteiger partial charge in [0.2, 0.25) is 0 Å². The minimum absolute atomic E-state index is 0.811. The van der Waals surface area contributed by atoms with Gasteiger partial charge in [-0.2, -0.15) is 0 Å². The molecule has 0 unspecified atom stereocenters. The van der Waals surface area contributed by atoms with E-state index in [4.69, 9.17) is 0 Å². The van der Waals surface area contributed by atoms with E-state index in [0.717, 1.165) is 29.8 Å². The first-order chi connectivity index (χ1) is 9.38. The molecule has 0 aliphatic heterocycles. The fourth-order valence-electron chi connectivity index (χ4n) is 3.37. The summed E-state index contributed by atoms with van der Waals surface area (Å²) < 4.78 is 2.26. The number of benzene rings is 1. The van der Waals surface area contributed by atoms with Crippen molar-refractivity contribution in [1.29, 1.82) is 0 Å². The number of para-hydroxylation sites is 1. The number of hydrogen-bond acceptors (Lipinski definition) is 1. The zero-order valence-corrected chi connectivity index (χ0v) is 11.3. The summed E-state index contributed by atoms with van der Waals surface area (Å²) in [5, 5.41) is 1.17. The van der Waals surface area contributed by atoms with Crippen LogP contribution in [0, 0.1) is 5.92 Å². The number of nitrogens with zero attached hydrogens (tertiary/aromatic N) is 1. The summed E-state index contributed by atoms with van der Waals surface area (Å²) in [4.78, 5) is 11.2. The number of carbonyl (C=O) groups is 1. The van der Waals surface area contributed by atoms with Crippen molar-refractivity contribution < 1.29 is 4.79 Å². The van der Waals surface area contributed by atoms with Crippen LogP contribution in [0.25, 0.3) is 10.9 Å². The molecule has 1 fully saturated rings. The molecule has 0 atom stereocenters. The van der Waals surface area contributed by atoms with Gasteiger partial charge < -0.3 is 4.57 Å². The van der Waals surface area contributed by atoms with Crippen molar-refractivity contribution in [3.05, 3.63) is 36.0 Å². The Morgan fingerprint density at radius 1 is 1.16 bits per heavy atom. The topological polar surface area (TPSA) is 22.0 Å². The lowest BCUT2D eigenvalue weighted by Crippen LogP contribution is -2.10. The monoisotopic (exact) mass is 255 g/mol. The normalized spacial score (nSPS) is 16.8. The Labute approximate surface area is 114 Å². The second-order valence-electron chi connectivity index (χ2n) is 5.70. The van der Waals surface area contributed by atoms with Crippen molar-refractivity contribution in [3.63, 3.8) is 0 Å². The van der Waals surface area contributed by atoms with Crippen molar-refractivity contribution in [2.75, 3.05) is 0 Å². The molecule has 1 saturated carbocycles. The number of hydrogen-bond donors (Lipinski definition) is 0. The lowest BCUT2D eigenvalue weighted by Gasteiger charge is -2.21. The van der Waals surface area contributed by atoms with E-state index in [0.29, 0.717) is 0 Å². The Bertz CT molecular complexity index is 564. The van der Waals surface area contributed by atoms with Gasteiger partial charge in [0.05, 0.1) is 5.52 Å². The molecular weight excluding hydrogens is 234 g/mol. The van der Waals surface area contributed by atoms with Crippen molar-refractivity contribution in [2.24, 2.45) is 5.92 Å². The van der Waals surface area contributed by atoms with E-state index in [1.165, 1.54) is 43.9 Å². The number of fused-ring (bicyclic) bond motifs is 1. The third-order valence-electron chi connectivity index (χ3n) is 4.45. The molecule has 0 N–H and O–H groups in total. The van der Waals surface area contributed by atoms with E-state index < -0.39 is 0 Å². The molecule has 0 saturated heterocycles. The summed E-state index contributed by atoms with van der Waals surface area (Å²) in [6, 6.07) is 8.06. The second kappa shape index (κ2) is 5.60. The maximum atomic E-state index is 11.2.